The van der Waals surface area contributed by atoms with Gasteiger partial charge in [-0.3, -0.25) is 0 Å². The van der Waals surface area contributed by atoms with Gasteiger partial charge >= 0.3 is 12.1 Å². The van der Waals surface area contributed by atoms with Gasteiger partial charge in [-0.25, -0.2) is 9.59 Å². The van der Waals surface area contributed by atoms with Crippen LogP contribution in [-0.2, 0) is 27.3 Å². The van der Waals surface area contributed by atoms with Crippen molar-refractivity contribution < 1.29 is 23.8 Å². The molecule has 30 heavy (non-hydrogen) atoms. The van der Waals surface area contributed by atoms with E-state index in [1.54, 1.807) is 0 Å². The molecule has 6 heteroatoms. The van der Waals surface area contributed by atoms with E-state index in [4.69, 9.17) is 14.2 Å². The van der Waals surface area contributed by atoms with Gasteiger partial charge in [0.2, 0.25) is 0 Å². The standard InChI is InChI=1S/C24H25NO5/c1-28-23(26)22(25-24(27)30-17-20-7-3-2-4-8-20)15-18-11-13-21(14-12-18)29-16-19-9-5-6-10-19/h2-5,7-14,22H,6,15-17H2,1H3,(H,25,27). The summed E-state index contributed by atoms with van der Waals surface area (Å²) in [6.07, 6.45) is 6.82. The summed E-state index contributed by atoms with van der Waals surface area (Å²) in [4.78, 5) is 24.2. The van der Waals surface area contributed by atoms with Crippen molar-refractivity contribution in [3.8, 4) is 5.75 Å². The van der Waals surface area contributed by atoms with Crippen LogP contribution in [0.3, 0.4) is 0 Å². The van der Waals surface area contributed by atoms with Crippen molar-refractivity contribution in [2.75, 3.05) is 13.7 Å². The normalized spacial score (nSPS) is 13.3. The lowest BCUT2D eigenvalue weighted by Crippen LogP contribution is -2.43. The van der Waals surface area contributed by atoms with Crippen molar-refractivity contribution >= 4 is 12.1 Å². The number of carbonyl (C=O) groups is 2. The summed E-state index contributed by atoms with van der Waals surface area (Å²) in [5.74, 6) is 0.205. The van der Waals surface area contributed by atoms with Gasteiger partial charge in [0, 0.05) is 6.42 Å². The zero-order chi connectivity index (χ0) is 21.2. The maximum absolute atomic E-state index is 12.1. The number of alkyl carbamates (subject to hydrolysis) is 1. The Balaban J connectivity index is 1.52. The van der Waals surface area contributed by atoms with E-state index in [2.05, 4.69) is 23.5 Å². The first kappa shape index (κ1) is 21.2. The van der Waals surface area contributed by atoms with Crippen molar-refractivity contribution in [1.82, 2.24) is 5.32 Å². The second-order valence-electron chi connectivity index (χ2n) is 6.84. The summed E-state index contributed by atoms with van der Waals surface area (Å²) in [6, 6.07) is 15.9. The fourth-order valence-corrected chi connectivity index (χ4v) is 2.98. The molecule has 0 aliphatic heterocycles. The number of esters is 1. The molecule has 1 aliphatic rings. The van der Waals surface area contributed by atoms with E-state index in [9.17, 15) is 9.59 Å². The third kappa shape index (κ3) is 6.51. The maximum atomic E-state index is 12.1. The van der Waals surface area contributed by atoms with Crippen LogP contribution in [0, 0.1) is 0 Å². The van der Waals surface area contributed by atoms with Crippen molar-refractivity contribution in [3.63, 3.8) is 0 Å². The molecule has 156 valence electrons. The van der Waals surface area contributed by atoms with Gasteiger partial charge in [0.15, 0.2) is 0 Å². The smallest absolute Gasteiger partial charge is 0.408 e. The molecule has 2 aromatic carbocycles. The van der Waals surface area contributed by atoms with Crippen LogP contribution >= 0.6 is 0 Å². The van der Waals surface area contributed by atoms with Gasteiger partial charge in [-0.15, -0.1) is 0 Å². The molecule has 2 aromatic rings. The molecule has 0 heterocycles. The van der Waals surface area contributed by atoms with Crippen molar-refractivity contribution in [2.45, 2.75) is 25.5 Å². The number of nitrogens with one attached hydrogen (secondary N) is 1. The van der Waals surface area contributed by atoms with Crippen LogP contribution in [-0.4, -0.2) is 31.8 Å². The number of benzene rings is 2. The first-order chi connectivity index (χ1) is 14.6. The molecule has 1 N–H and O–H groups in total. The molecule has 0 saturated heterocycles. The second-order valence-corrected chi connectivity index (χ2v) is 6.84. The van der Waals surface area contributed by atoms with E-state index in [0.717, 1.165) is 28.9 Å². The highest BCUT2D eigenvalue weighted by Crippen LogP contribution is 2.16. The average molecular weight is 407 g/mol. The molecule has 1 unspecified atom stereocenters. The Morgan fingerprint density at radius 3 is 2.43 bits per heavy atom. The lowest BCUT2D eigenvalue weighted by atomic mass is 10.1. The van der Waals surface area contributed by atoms with Crippen LogP contribution in [0.4, 0.5) is 4.79 Å². The molecule has 0 aromatic heterocycles. The fourth-order valence-electron chi connectivity index (χ4n) is 2.98. The summed E-state index contributed by atoms with van der Waals surface area (Å²) < 4.78 is 15.8. The van der Waals surface area contributed by atoms with Crippen LogP contribution in [0.25, 0.3) is 0 Å². The predicted octanol–water partition coefficient (Wildman–Crippen LogP) is 3.96. The summed E-state index contributed by atoms with van der Waals surface area (Å²) in [5.41, 5.74) is 2.88. The first-order valence-electron chi connectivity index (χ1n) is 9.76. The number of rotatable bonds is 9. The Morgan fingerprint density at radius 1 is 1.00 bits per heavy atom. The SMILES string of the molecule is COC(=O)C(Cc1ccc(OCC2=CCC=C2)cc1)NC(=O)OCc1ccccc1. The molecule has 1 amide bonds. The minimum atomic E-state index is -0.848. The van der Waals surface area contributed by atoms with Crippen LogP contribution in [0.5, 0.6) is 5.75 Å². The Kier molecular flexibility index (Phi) is 7.66. The number of amides is 1. The van der Waals surface area contributed by atoms with Gasteiger partial charge in [-0.2, -0.15) is 0 Å². The lowest BCUT2D eigenvalue weighted by Gasteiger charge is -2.17. The zero-order valence-electron chi connectivity index (χ0n) is 16.9. The third-order valence-corrected chi connectivity index (χ3v) is 4.61. The Morgan fingerprint density at radius 2 is 1.77 bits per heavy atom. The Bertz CT molecular complexity index is 903. The highest BCUT2D eigenvalue weighted by atomic mass is 16.6. The molecule has 3 rings (SSSR count). The topological polar surface area (TPSA) is 73.9 Å². The molecule has 0 radical (unpaired) electrons. The third-order valence-electron chi connectivity index (χ3n) is 4.61. The fraction of sp³-hybridized carbons (Fsp3) is 0.250. The highest BCUT2D eigenvalue weighted by Gasteiger charge is 2.22. The first-order valence-corrected chi connectivity index (χ1v) is 9.76. The number of carbonyl (C=O) groups excluding carboxylic acids is 2. The quantitative estimate of drug-likeness (QED) is 0.637. The average Bonchev–Trinajstić information content (AvgIpc) is 3.30. The molecule has 0 saturated carbocycles. The summed E-state index contributed by atoms with van der Waals surface area (Å²) in [6.45, 7) is 0.646. The van der Waals surface area contributed by atoms with Gasteiger partial charge in [0.1, 0.15) is 25.0 Å². The zero-order valence-corrected chi connectivity index (χ0v) is 16.9. The van der Waals surface area contributed by atoms with Gasteiger partial charge in [-0.1, -0.05) is 60.7 Å². The number of hydrogen-bond acceptors (Lipinski definition) is 5. The lowest BCUT2D eigenvalue weighted by molar-refractivity contribution is -0.143. The highest BCUT2D eigenvalue weighted by molar-refractivity contribution is 5.81. The van der Waals surface area contributed by atoms with Gasteiger partial charge in [0.05, 0.1) is 7.11 Å². The van der Waals surface area contributed by atoms with E-state index >= 15 is 0 Å². The number of hydrogen-bond donors (Lipinski definition) is 1. The Hall–Kier alpha value is -3.54. The minimum Gasteiger partial charge on any atom is -0.489 e. The summed E-state index contributed by atoms with van der Waals surface area (Å²) >= 11 is 0. The van der Waals surface area contributed by atoms with Gasteiger partial charge in [0.25, 0.3) is 0 Å². The van der Waals surface area contributed by atoms with Crippen LogP contribution in [0.15, 0.2) is 78.4 Å². The summed E-state index contributed by atoms with van der Waals surface area (Å²) in [7, 11) is 1.29. The number of methoxy groups -OCH3 is 1. The molecule has 1 aliphatic carbocycles. The van der Waals surface area contributed by atoms with Gasteiger partial charge < -0.3 is 19.5 Å². The number of allylic oxidation sites excluding steroid dienone is 2. The largest absolute Gasteiger partial charge is 0.489 e. The van der Waals surface area contributed by atoms with Crippen LogP contribution in [0.2, 0.25) is 0 Å². The molecule has 0 fully saturated rings. The van der Waals surface area contributed by atoms with Crippen molar-refractivity contribution in [2.24, 2.45) is 0 Å². The van der Waals surface area contributed by atoms with E-state index in [-0.39, 0.29) is 13.0 Å². The van der Waals surface area contributed by atoms with Crippen molar-refractivity contribution in [1.29, 1.82) is 0 Å². The summed E-state index contributed by atoms with van der Waals surface area (Å²) in [5, 5.41) is 2.58. The van der Waals surface area contributed by atoms with E-state index in [0.29, 0.717) is 6.61 Å². The maximum Gasteiger partial charge on any atom is 0.408 e. The monoisotopic (exact) mass is 407 g/mol. The number of ether oxygens (including phenoxy) is 3. The molecule has 6 nitrogen and oxygen atoms in total. The Labute approximate surface area is 176 Å². The predicted molar refractivity (Wildman–Crippen MR) is 113 cm³/mol. The molecule has 0 spiro atoms. The minimum absolute atomic E-state index is 0.123. The molecule has 0 bridgehead atoms. The van der Waals surface area contributed by atoms with Crippen LogP contribution < -0.4 is 10.1 Å². The molecule has 1 atom stereocenters. The molecular weight excluding hydrogens is 382 g/mol. The van der Waals surface area contributed by atoms with E-state index < -0.39 is 18.1 Å². The van der Waals surface area contributed by atoms with E-state index in [1.807, 2.05) is 54.6 Å². The van der Waals surface area contributed by atoms with Crippen molar-refractivity contribution in [3.05, 3.63) is 89.5 Å². The van der Waals surface area contributed by atoms with Gasteiger partial charge in [-0.05, 0) is 35.3 Å². The van der Waals surface area contributed by atoms with Crippen LogP contribution in [0.1, 0.15) is 17.5 Å². The second kappa shape index (κ2) is 10.9. The molecular formula is C24H25NO5. The van der Waals surface area contributed by atoms with E-state index in [1.165, 1.54) is 7.11 Å².